The number of hydrogen-bond acceptors (Lipinski definition) is 3. The SMILES string of the molecule is O=C(NCC(c1cccs1)N1CCCC1)c1ccc(C#Cc2ccccc2)cc1. The minimum atomic E-state index is -0.0340. The maximum atomic E-state index is 12.7. The number of rotatable bonds is 5. The summed E-state index contributed by atoms with van der Waals surface area (Å²) in [6, 6.07) is 21.9. The third-order valence-corrected chi connectivity index (χ3v) is 6.15. The van der Waals surface area contributed by atoms with Gasteiger partial charge in [-0.05, 0) is 73.8 Å². The molecule has 1 fully saturated rings. The molecule has 1 amide bonds. The summed E-state index contributed by atoms with van der Waals surface area (Å²) in [5.41, 5.74) is 2.55. The van der Waals surface area contributed by atoms with Crippen LogP contribution in [0.25, 0.3) is 0 Å². The molecule has 1 aliphatic rings. The Kier molecular flexibility index (Phi) is 6.41. The first-order valence-corrected chi connectivity index (χ1v) is 10.9. The van der Waals surface area contributed by atoms with Crippen molar-refractivity contribution in [3.63, 3.8) is 0 Å². The van der Waals surface area contributed by atoms with Crippen LogP contribution in [0.2, 0.25) is 0 Å². The van der Waals surface area contributed by atoms with Gasteiger partial charge in [-0.2, -0.15) is 0 Å². The van der Waals surface area contributed by atoms with Crippen molar-refractivity contribution >= 4 is 17.2 Å². The van der Waals surface area contributed by atoms with E-state index in [1.54, 1.807) is 11.3 Å². The lowest BCUT2D eigenvalue weighted by molar-refractivity contribution is 0.0938. The molecule has 0 bridgehead atoms. The van der Waals surface area contributed by atoms with Crippen molar-refractivity contribution in [2.45, 2.75) is 18.9 Å². The number of carbonyl (C=O) groups excluding carboxylic acids is 1. The van der Waals surface area contributed by atoms with Crippen molar-refractivity contribution in [1.82, 2.24) is 10.2 Å². The van der Waals surface area contributed by atoms with Crippen LogP contribution in [0.1, 0.15) is 45.2 Å². The number of amides is 1. The average Bonchev–Trinajstić information content (AvgIpc) is 3.48. The molecule has 3 aromatic rings. The largest absolute Gasteiger partial charge is 0.350 e. The van der Waals surface area contributed by atoms with E-state index in [-0.39, 0.29) is 11.9 Å². The Balaban J connectivity index is 1.38. The molecular formula is C25H24N2OS. The van der Waals surface area contributed by atoms with Gasteiger partial charge in [0.1, 0.15) is 0 Å². The smallest absolute Gasteiger partial charge is 0.251 e. The molecule has 1 saturated heterocycles. The molecule has 4 heteroatoms. The quantitative estimate of drug-likeness (QED) is 0.629. The molecule has 1 N–H and O–H groups in total. The van der Waals surface area contributed by atoms with E-state index in [9.17, 15) is 4.79 Å². The first-order chi connectivity index (χ1) is 14.3. The molecule has 0 radical (unpaired) electrons. The Morgan fingerprint density at radius 3 is 2.28 bits per heavy atom. The zero-order valence-electron chi connectivity index (χ0n) is 16.3. The minimum Gasteiger partial charge on any atom is -0.350 e. The molecule has 1 atom stereocenters. The van der Waals surface area contributed by atoms with E-state index in [2.05, 4.69) is 39.6 Å². The molecule has 0 spiro atoms. The van der Waals surface area contributed by atoms with Crippen LogP contribution in [0.4, 0.5) is 0 Å². The molecular weight excluding hydrogens is 376 g/mol. The van der Waals surface area contributed by atoms with Gasteiger partial charge in [-0.3, -0.25) is 9.69 Å². The Labute approximate surface area is 176 Å². The van der Waals surface area contributed by atoms with Gasteiger partial charge in [0.25, 0.3) is 5.91 Å². The third-order valence-electron chi connectivity index (χ3n) is 5.18. The van der Waals surface area contributed by atoms with Crippen LogP contribution in [0.5, 0.6) is 0 Å². The highest BCUT2D eigenvalue weighted by Gasteiger charge is 2.24. The van der Waals surface area contributed by atoms with Crippen LogP contribution in [0, 0.1) is 11.8 Å². The molecule has 2 aromatic carbocycles. The number of benzene rings is 2. The predicted octanol–water partition coefficient (Wildman–Crippen LogP) is 4.71. The highest BCUT2D eigenvalue weighted by Crippen LogP contribution is 2.27. The summed E-state index contributed by atoms with van der Waals surface area (Å²) in [5, 5.41) is 5.24. The van der Waals surface area contributed by atoms with Gasteiger partial charge in [-0.15, -0.1) is 11.3 Å². The standard InChI is InChI=1S/C25H24N2OS/c28-25(26-19-23(24-9-6-18-29-24)27-16-4-5-17-27)22-14-12-21(13-15-22)11-10-20-7-2-1-3-8-20/h1-3,6-9,12-15,18,23H,4-5,16-17,19H2,(H,26,28). The third kappa shape index (κ3) is 5.14. The first-order valence-electron chi connectivity index (χ1n) is 10.0. The van der Waals surface area contributed by atoms with Crippen molar-refractivity contribution in [3.05, 3.63) is 93.7 Å². The molecule has 0 aliphatic carbocycles. The van der Waals surface area contributed by atoms with E-state index in [1.165, 1.54) is 17.7 Å². The van der Waals surface area contributed by atoms with Crippen molar-refractivity contribution in [3.8, 4) is 11.8 Å². The molecule has 29 heavy (non-hydrogen) atoms. The summed E-state index contributed by atoms with van der Waals surface area (Å²) in [7, 11) is 0. The molecule has 146 valence electrons. The maximum absolute atomic E-state index is 12.7. The second kappa shape index (κ2) is 9.56. The topological polar surface area (TPSA) is 32.3 Å². The number of carbonyl (C=O) groups is 1. The fourth-order valence-electron chi connectivity index (χ4n) is 3.61. The van der Waals surface area contributed by atoms with Gasteiger partial charge >= 0.3 is 0 Å². The van der Waals surface area contributed by atoms with Crippen LogP contribution in [-0.4, -0.2) is 30.4 Å². The lowest BCUT2D eigenvalue weighted by atomic mass is 10.1. The van der Waals surface area contributed by atoms with Gasteiger partial charge in [0.05, 0.1) is 6.04 Å². The summed E-state index contributed by atoms with van der Waals surface area (Å²) in [5.74, 6) is 6.25. The molecule has 0 saturated carbocycles. The van der Waals surface area contributed by atoms with Crippen LogP contribution < -0.4 is 5.32 Å². The lowest BCUT2D eigenvalue weighted by Crippen LogP contribution is -2.36. The van der Waals surface area contributed by atoms with Gasteiger partial charge < -0.3 is 5.32 Å². The second-order valence-electron chi connectivity index (χ2n) is 7.18. The molecule has 4 rings (SSSR count). The Morgan fingerprint density at radius 2 is 1.62 bits per heavy atom. The van der Waals surface area contributed by atoms with E-state index < -0.39 is 0 Å². The minimum absolute atomic E-state index is 0.0340. The summed E-state index contributed by atoms with van der Waals surface area (Å²) < 4.78 is 0. The van der Waals surface area contributed by atoms with Gasteiger partial charge in [-0.25, -0.2) is 0 Å². The second-order valence-corrected chi connectivity index (χ2v) is 8.16. The summed E-state index contributed by atoms with van der Waals surface area (Å²) >= 11 is 1.76. The van der Waals surface area contributed by atoms with Crippen LogP contribution in [-0.2, 0) is 0 Å². The number of thiophene rings is 1. The normalized spacial score (nSPS) is 14.8. The Bertz CT molecular complexity index is 979. The summed E-state index contributed by atoms with van der Waals surface area (Å²) in [6.45, 7) is 2.84. The summed E-state index contributed by atoms with van der Waals surface area (Å²) in [4.78, 5) is 16.5. The van der Waals surface area contributed by atoms with E-state index in [0.717, 1.165) is 24.2 Å². The first kappa shape index (κ1) is 19.4. The number of hydrogen-bond donors (Lipinski definition) is 1. The lowest BCUT2D eigenvalue weighted by Gasteiger charge is -2.26. The van der Waals surface area contributed by atoms with Crippen molar-refractivity contribution in [2.24, 2.45) is 0 Å². The van der Waals surface area contributed by atoms with Crippen LogP contribution in [0.3, 0.4) is 0 Å². The fourth-order valence-corrected chi connectivity index (χ4v) is 4.47. The van der Waals surface area contributed by atoms with E-state index in [4.69, 9.17) is 0 Å². The van der Waals surface area contributed by atoms with Gasteiger partial charge in [-0.1, -0.05) is 36.1 Å². The van der Waals surface area contributed by atoms with Gasteiger partial charge in [0.2, 0.25) is 0 Å². The zero-order chi connectivity index (χ0) is 19.9. The Hall–Kier alpha value is -2.87. The monoisotopic (exact) mass is 400 g/mol. The molecule has 1 aliphatic heterocycles. The highest BCUT2D eigenvalue weighted by molar-refractivity contribution is 7.10. The molecule has 1 unspecified atom stereocenters. The van der Waals surface area contributed by atoms with Crippen LogP contribution in [0.15, 0.2) is 72.1 Å². The van der Waals surface area contributed by atoms with E-state index in [0.29, 0.717) is 12.1 Å². The van der Waals surface area contributed by atoms with Crippen molar-refractivity contribution in [2.75, 3.05) is 19.6 Å². The summed E-state index contributed by atoms with van der Waals surface area (Å²) in [6.07, 6.45) is 2.47. The van der Waals surface area contributed by atoms with Gasteiger partial charge in [0.15, 0.2) is 0 Å². The number of nitrogens with zero attached hydrogens (tertiary/aromatic N) is 1. The van der Waals surface area contributed by atoms with Crippen LogP contribution >= 0.6 is 11.3 Å². The van der Waals surface area contributed by atoms with Crippen molar-refractivity contribution < 1.29 is 4.79 Å². The highest BCUT2D eigenvalue weighted by atomic mass is 32.1. The van der Waals surface area contributed by atoms with Crippen molar-refractivity contribution in [1.29, 1.82) is 0 Å². The number of likely N-dealkylation sites (tertiary alicyclic amines) is 1. The molecule has 1 aromatic heterocycles. The fraction of sp³-hybridized carbons (Fsp3) is 0.240. The van der Waals surface area contributed by atoms with E-state index >= 15 is 0 Å². The number of nitrogens with one attached hydrogen (secondary N) is 1. The van der Waals surface area contributed by atoms with E-state index in [1.807, 2.05) is 54.6 Å². The average molecular weight is 401 g/mol. The molecule has 2 heterocycles. The zero-order valence-corrected chi connectivity index (χ0v) is 17.1. The van der Waals surface area contributed by atoms with Gasteiger partial charge in [0, 0.05) is 28.1 Å². The predicted molar refractivity (Wildman–Crippen MR) is 119 cm³/mol. The Morgan fingerprint density at radius 1 is 0.931 bits per heavy atom. The maximum Gasteiger partial charge on any atom is 0.251 e. The molecule has 3 nitrogen and oxygen atoms in total.